The molecule has 3 heterocycles. The molecule has 3 aromatic rings. The molecular weight excluding hydrogens is 372 g/mol. The van der Waals surface area contributed by atoms with Crippen LogP contribution in [0.2, 0.25) is 0 Å². The molecule has 0 fully saturated rings. The number of hydrogen-bond acceptors (Lipinski definition) is 4. The molecule has 6 nitrogen and oxygen atoms in total. The first-order chi connectivity index (χ1) is 13.5. The lowest BCUT2D eigenvalue weighted by Crippen LogP contribution is -2.35. The second kappa shape index (κ2) is 7.59. The van der Waals surface area contributed by atoms with Crippen LogP contribution >= 0.6 is 11.3 Å². The van der Waals surface area contributed by atoms with Crippen LogP contribution < -0.4 is 5.32 Å². The van der Waals surface area contributed by atoms with Gasteiger partial charge in [-0.05, 0) is 61.0 Å². The zero-order valence-corrected chi connectivity index (χ0v) is 16.7. The molecule has 1 aliphatic rings. The molecule has 1 N–H and O–H groups in total. The van der Waals surface area contributed by atoms with Gasteiger partial charge in [-0.25, -0.2) is 0 Å². The number of carbonyl (C=O) groups excluding carboxylic acids is 2. The van der Waals surface area contributed by atoms with Crippen LogP contribution in [0.4, 0.5) is 5.69 Å². The quantitative estimate of drug-likeness (QED) is 0.734. The van der Waals surface area contributed by atoms with E-state index in [1.165, 1.54) is 10.4 Å². The summed E-state index contributed by atoms with van der Waals surface area (Å²) >= 11 is 1.76. The standard InChI is InChI=1S/C21H22N4O2S/c1-14-17(21(27)24-11-7-19-16(13-24)8-12-28-19)5-3-6-18(14)23-20(26)15(2)25-10-4-9-22-25/h3-6,8-10,12,15H,7,11,13H2,1-2H3,(H,23,26). The number of hydrogen-bond donors (Lipinski definition) is 1. The van der Waals surface area contributed by atoms with Crippen LogP contribution in [-0.2, 0) is 17.8 Å². The van der Waals surface area contributed by atoms with E-state index in [0.29, 0.717) is 17.8 Å². The molecule has 0 saturated carbocycles. The van der Waals surface area contributed by atoms with Gasteiger partial charge in [-0.3, -0.25) is 14.3 Å². The minimum atomic E-state index is -0.437. The number of carbonyl (C=O) groups is 2. The van der Waals surface area contributed by atoms with Crippen LogP contribution in [0.3, 0.4) is 0 Å². The van der Waals surface area contributed by atoms with Crippen molar-refractivity contribution in [3.8, 4) is 0 Å². The van der Waals surface area contributed by atoms with Crippen LogP contribution in [-0.4, -0.2) is 33.0 Å². The minimum absolute atomic E-state index is 0.00516. The lowest BCUT2D eigenvalue weighted by atomic mass is 10.0. The number of fused-ring (bicyclic) bond motifs is 1. The van der Waals surface area contributed by atoms with Gasteiger partial charge in [0.1, 0.15) is 6.04 Å². The molecule has 144 valence electrons. The maximum absolute atomic E-state index is 13.1. The van der Waals surface area contributed by atoms with Crippen LogP contribution in [0, 0.1) is 6.92 Å². The summed E-state index contributed by atoms with van der Waals surface area (Å²) in [5.41, 5.74) is 3.30. The van der Waals surface area contributed by atoms with Crippen molar-refractivity contribution in [2.24, 2.45) is 0 Å². The van der Waals surface area contributed by atoms with E-state index in [1.807, 2.05) is 30.0 Å². The smallest absolute Gasteiger partial charge is 0.254 e. The number of nitrogens with one attached hydrogen (secondary N) is 1. The topological polar surface area (TPSA) is 67.2 Å². The number of nitrogens with zero attached hydrogens (tertiary/aromatic N) is 3. The Bertz CT molecular complexity index is 1010. The van der Waals surface area contributed by atoms with E-state index in [4.69, 9.17) is 0 Å². The van der Waals surface area contributed by atoms with Crippen molar-refractivity contribution in [1.82, 2.24) is 14.7 Å². The zero-order valence-electron chi connectivity index (χ0n) is 15.9. The maximum Gasteiger partial charge on any atom is 0.254 e. The molecular formula is C21H22N4O2S. The zero-order chi connectivity index (χ0) is 19.7. The van der Waals surface area contributed by atoms with Gasteiger partial charge >= 0.3 is 0 Å². The van der Waals surface area contributed by atoms with Crippen molar-refractivity contribution in [2.45, 2.75) is 32.9 Å². The number of rotatable bonds is 4. The first-order valence-corrected chi connectivity index (χ1v) is 10.2. The fraction of sp³-hybridized carbons (Fsp3) is 0.286. The van der Waals surface area contributed by atoms with Crippen molar-refractivity contribution in [2.75, 3.05) is 11.9 Å². The first kappa shape index (κ1) is 18.4. The Hall–Kier alpha value is -2.93. The summed E-state index contributed by atoms with van der Waals surface area (Å²) in [6.07, 6.45) is 4.30. The fourth-order valence-corrected chi connectivity index (χ4v) is 4.35. The van der Waals surface area contributed by atoms with Crippen LogP contribution in [0.1, 0.15) is 39.3 Å². The highest BCUT2D eigenvalue weighted by Crippen LogP contribution is 2.27. The van der Waals surface area contributed by atoms with Gasteiger partial charge in [0.25, 0.3) is 5.91 Å². The van der Waals surface area contributed by atoms with Gasteiger partial charge < -0.3 is 10.2 Å². The Morgan fingerprint density at radius 2 is 2.11 bits per heavy atom. The summed E-state index contributed by atoms with van der Waals surface area (Å²) < 4.78 is 1.60. The van der Waals surface area contributed by atoms with E-state index >= 15 is 0 Å². The van der Waals surface area contributed by atoms with Gasteiger partial charge in [0.05, 0.1) is 0 Å². The number of benzene rings is 1. The molecule has 4 rings (SSSR count). The van der Waals surface area contributed by atoms with Crippen LogP contribution in [0.15, 0.2) is 48.1 Å². The third kappa shape index (κ3) is 3.45. The Morgan fingerprint density at radius 1 is 1.25 bits per heavy atom. The Morgan fingerprint density at radius 3 is 2.89 bits per heavy atom. The van der Waals surface area contributed by atoms with E-state index in [9.17, 15) is 9.59 Å². The average molecular weight is 395 g/mol. The molecule has 0 aliphatic carbocycles. The summed E-state index contributed by atoms with van der Waals surface area (Å²) in [5.74, 6) is -0.164. The van der Waals surface area contributed by atoms with E-state index in [-0.39, 0.29) is 11.8 Å². The number of anilines is 1. The van der Waals surface area contributed by atoms with Crippen LogP contribution in [0.25, 0.3) is 0 Å². The normalized spacial score (nSPS) is 14.4. The molecule has 0 saturated heterocycles. The third-order valence-electron chi connectivity index (χ3n) is 5.22. The highest BCUT2D eigenvalue weighted by molar-refractivity contribution is 7.10. The molecule has 1 aromatic carbocycles. The maximum atomic E-state index is 13.1. The summed E-state index contributed by atoms with van der Waals surface area (Å²) in [5, 5.41) is 9.14. The lowest BCUT2D eigenvalue weighted by Gasteiger charge is -2.28. The highest BCUT2D eigenvalue weighted by atomic mass is 32.1. The monoisotopic (exact) mass is 394 g/mol. The van der Waals surface area contributed by atoms with Crippen molar-refractivity contribution >= 4 is 28.8 Å². The largest absolute Gasteiger partial charge is 0.334 e. The molecule has 0 radical (unpaired) electrons. The van der Waals surface area contributed by atoms with E-state index in [0.717, 1.165) is 18.5 Å². The molecule has 1 atom stereocenters. The van der Waals surface area contributed by atoms with E-state index in [1.54, 1.807) is 41.4 Å². The van der Waals surface area contributed by atoms with Gasteiger partial charge in [-0.1, -0.05) is 6.07 Å². The Kier molecular flexibility index (Phi) is 5.00. The fourth-order valence-electron chi connectivity index (χ4n) is 3.46. The second-order valence-corrected chi connectivity index (χ2v) is 7.98. The summed E-state index contributed by atoms with van der Waals surface area (Å²) in [6.45, 7) is 5.03. The van der Waals surface area contributed by atoms with Gasteiger partial charge in [-0.2, -0.15) is 5.10 Å². The lowest BCUT2D eigenvalue weighted by molar-refractivity contribution is -0.119. The SMILES string of the molecule is Cc1c(NC(=O)C(C)n2cccn2)cccc1C(=O)N1CCc2sccc2C1. The van der Waals surface area contributed by atoms with Gasteiger partial charge in [0, 0.05) is 41.6 Å². The van der Waals surface area contributed by atoms with E-state index in [2.05, 4.69) is 21.9 Å². The van der Waals surface area contributed by atoms with Gasteiger partial charge in [0.15, 0.2) is 0 Å². The summed E-state index contributed by atoms with van der Waals surface area (Å²) in [4.78, 5) is 29.0. The van der Waals surface area contributed by atoms with Crippen LogP contribution in [0.5, 0.6) is 0 Å². The predicted octanol–water partition coefficient (Wildman–Crippen LogP) is 3.65. The Labute approximate surface area is 167 Å². The summed E-state index contributed by atoms with van der Waals surface area (Å²) in [7, 11) is 0. The van der Waals surface area contributed by atoms with Crippen molar-refractivity contribution < 1.29 is 9.59 Å². The molecule has 2 amide bonds. The van der Waals surface area contributed by atoms with Crippen molar-refractivity contribution in [3.05, 3.63) is 69.7 Å². The average Bonchev–Trinajstić information content (AvgIpc) is 3.39. The number of aromatic nitrogens is 2. The third-order valence-corrected chi connectivity index (χ3v) is 6.24. The minimum Gasteiger partial charge on any atom is -0.334 e. The molecule has 1 unspecified atom stereocenters. The number of thiophene rings is 1. The molecule has 0 spiro atoms. The summed E-state index contributed by atoms with van der Waals surface area (Å²) in [6, 6.07) is 8.91. The van der Waals surface area contributed by atoms with Crippen molar-refractivity contribution in [3.63, 3.8) is 0 Å². The van der Waals surface area contributed by atoms with Crippen molar-refractivity contribution in [1.29, 1.82) is 0 Å². The van der Waals surface area contributed by atoms with Gasteiger partial charge in [0.2, 0.25) is 5.91 Å². The second-order valence-electron chi connectivity index (χ2n) is 6.98. The van der Waals surface area contributed by atoms with E-state index < -0.39 is 6.04 Å². The number of amides is 2. The molecule has 7 heteroatoms. The predicted molar refractivity (Wildman–Crippen MR) is 110 cm³/mol. The van der Waals surface area contributed by atoms with Gasteiger partial charge in [-0.15, -0.1) is 11.3 Å². The molecule has 28 heavy (non-hydrogen) atoms. The molecule has 0 bridgehead atoms. The highest BCUT2D eigenvalue weighted by Gasteiger charge is 2.24. The first-order valence-electron chi connectivity index (χ1n) is 9.28. The molecule has 2 aromatic heterocycles. The Balaban J connectivity index is 1.52. The molecule has 1 aliphatic heterocycles.